The third-order valence-corrected chi connectivity index (χ3v) is 5.80. The van der Waals surface area contributed by atoms with E-state index >= 15 is 0 Å². The quantitative estimate of drug-likeness (QED) is 0.909. The molecular formula is C15H24N2O2S. The van der Waals surface area contributed by atoms with Gasteiger partial charge in [-0.1, -0.05) is 26.0 Å². The highest BCUT2D eigenvalue weighted by Crippen LogP contribution is 2.32. The molecular weight excluding hydrogens is 272 g/mol. The minimum absolute atomic E-state index is 0.0780. The summed E-state index contributed by atoms with van der Waals surface area (Å²) in [7, 11) is -3.41. The number of benzene rings is 1. The van der Waals surface area contributed by atoms with E-state index in [4.69, 9.17) is 0 Å². The van der Waals surface area contributed by atoms with Gasteiger partial charge in [-0.05, 0) is 37.8 Å². The number of rotatable bonds is 5. The molecule has 1 aromatic carbocycles. The van der Waals surface area contributed by atoms with E-state index in [1.165, 1.54) is 0 Å². The van der Waals surface area contributed by atoms with E-state index in [0.29, 0.717) is 23.0 Å². The molecule has 1 N–H and O–H groups in total. The standard InChI is InChI=1S/C15H24N2O2S/c1-4-9-16-14-7-5-6-8-15(14)20(18,19)17-11-12(2)10-13(17)3/h5-8,12-13,16H,4,9-11H2,1-3H3. The summed E-state index contributed by atoms with van der Waals surface area (Å²) in [5.41, 5.74) is 0.709. The molecule has 1 saturated heterocycles. The summed E-state index contributed by atoms with van der Waals surface area (Å²) < 4.78 is 27.4. The Morgan fingerprint density at radius 3 is 2.60 bits per heavy atom. The number of nitrogens with one attached hydrogen (secondary N) is 1. The molecule has 112 valence electrons. The topological polar surface area (TPSA) is 49.4 Å². The van der Waals surface area contributed by atoms with Crippen LogP contribution >= 0.6 is 0 Å². The lowest BCUT2D eigenvalue weighted by atomic mass is 10.1. The van der Waals surface area contributed by atoms with Gasteiger partial charge in [0.2, 0.25) is 10.0 Å². The first-order valence-corrected chi connectivity index (χ1v) is 8.75. The molecule has 2 unspecified atom stereocenters. The molecule has 0 radical (unpaired) electrons. The van der Waals surface area contributed by atoms with Gasteiger partial charge in [0.25, 0.3) is 0 Å². The number of anilines is 1. The molecule has 20 heavy (non-hydrogen) atoms. The maximum Gasteiger partial charge on any atom is 0.245 e. The molecule has 5 heteroatoms. The first kappa shape index (κ1) is 15.3. The maximum absolute atomic E-state index is 12.9. The molecule has 1 aromatic rings. The average Bonchev–Trinajstić information content (AvgIpc) is 2.76. The van der Waals surface area contributed by atoms with E-state index < -0.39 is 10.0 Å². The van der Waals surface area contributed by atoms with Gasteiger partial charge in [0.1, 0.15) is 4.90 Å². The second-order valence-corrected chi connectivity index (χ2v) is 7.55. The van der Waals surface area contributed by atoms with Crippen LogP contribution in [0.5, 0.6) is 0 Å². The summed E-state index contributed by atoms with van der Waals surface area (Å²) in [6.07, 6.45) is 1.90. The summed E-state index contributed by atoms with van der Waals surface area (Å²) in [6, 6.07) is 7.27. The Bertz CT molecular complexity index is 557. The van der Waals surface area contributed by atoms with Gasteiger partial charge >= 0.3 is 0 Å². The van der Waals surface area contributed by atoms with Crippen molar-refractivity contribution >= 4 is 15.7 Å². The Morgan fingerprint density at radius 2 is 2.00 bits per heavy atom. The van der Waals surface area contributed by atoms with Crippen LogP contribution in [0.2, 0.25) is 0 Å². The Labute approximate surface area is 122 Å². The first-order valence-electron chi connectivity index (χ1n) is 7.31. The normalized spacial score (nSPS) is 23.9. The number of para-hydroxylation sites is 1. The molecule has 0 aromatic heterocycles. The minimum Gasteiger partial charge on any atom is -0.384 e. The number of sulfonamides is 1. The Morgan fingerprint density at radius 1 is 1.30 bits per heavy atom. The van der Waals surface area contributed by atoms with E-state index in [-0.39, 0.29) is 6.04 Å². The van der Waals surface area contributed by atoms with Gasteiger partial charge in [-0.3, -0.25) is 0 Å². The van der Waals surface area contributed by atoms with Crippen molar-refractivity contribution in [3.05, 3.63) is 24.3 Å². The van der Waals surface area contributed by atoms with E-state index in [1.807, 2.05) is 19.1 Å². The zero-order chi connectivity index (χ0) is 14.8. The van der Waals surface area contributed by atoms with Crippen molar-refractivity contribution < 1.29 is 8.42 Å². The molecule has 0 spiro atoms. The summed E-state index contributed by atoms with van der Waals surface area (Å²) in [4.78, 5) is 0.398. The van der Waals surface area contributed by atoms with Crippen LogP contribution in [0.25, 0.3) is 0 Å². The van der Waals surface area contributed by atoms with Gasteiger partial charge in [0.05, 0.1) is 5.69 Å². The van der Waals surface area contributed by atoms with E-state index in [0.717, 1.165) is 19.4 Å². The van der Waals surface area contributed by atoms with Crippen molar-refractivity contribution in [2.75, 3.05) is 18.4 Å². The fourth-order valence-corrected chi connectivity index (χ4v) is 4.75. The zero-order valence-electron chi connectivity index (χ0n) is 12.5. The average molecular weight is 296 g/mol. The fourth-order valence-electron chi connectivity index (χ4n) is 2.82. The Kier molecular flexibility index (Phi) is 4.70. The Hall–Kier alpha value is -1.07. The van der Waals surface area contributed by atoms with E-state index in [9.17, 15) is 8.42 Å². The highest BCUT2D eigenvalue weighted by atomic mass is 32.2. The number of nitrogens with zero attached hydrogens (tertiary/aromatic N) is 1. The van der Waals surface area contributed by atoms with Crippen LogP contribution in [-0.4, -0.2) is 31.9 Å². The monoisotopic (exact) mass is 296 g/mol. The predicted octanol–water partition coefficient (Wildman–Crippen LogP) is 2.93. The highest BCUT2D eigenvalue weighted by Gasteiger charge is 2.36. The van der Waals surface area contributed by atoms with Gasteiger partial charge in [-0.15, -0.1) is 0 Å². The summed E-state index contributed by atoms with van der Waals surface area (Å²) in [5.74, 6) is 0.426. The van der Waals surface area contributed by atoms with Crippen molar-refractivity contribution in [3.63, 3.8) is 0 Å². The molecule has 1 aliphatic rings. The Balaban J connectivity index is 2.34. The third-order valence-electron chi connectivity index (χ3n) is 3.77. The van der Waals surface area contributed by atoms with Gasteiger partial charge in [0.15, 0.2) is 0 Å². The molecule has 2 atom stereocenters. The van der Waals surface area contributed by atoms with Crippen LogP contribution in [0.1, 0.15) is 33.6 Å². The summed E-state index contributed by atoms with van der Waals surface area (Å²) in [5, 5.41) is 3.21. The second kappa shape index (κ2) is 6.14. The van der Waals surface area contributed by atoms with Crippen LogP contribution in [0.4, 0.5) is 5.69 Å². The van der Waals surface area contributed by atoms with Crippen LogP contribution in [0.15, 0.2) is 29.2 Å². The lowest BCUT2D eigenvalue weighted by molar-refractivity contribution is 0.406. The fraction of sp³-hybridized carbons (Fsp3) is 0.600. The van der Waals surface area contributed by atoms with Gasteiger partial charge in [-0.25, -0.2) is 8.42 Å². The number of hydrogen-bond acceptors (Lipinski definition) is 3. The molecule has 4 nitrogen and oxygen atoms in total. The van der Waals surface area contributed by atoms with E-state index in [1.54, 1.807) is 16.4 Å². The molecule has 0 saturated carbocycles. The van der Waals surface area contributed by atoms with Crippen LogP contribution in [0.3, 0.4) is 0 Å². The SMILES string of the molecule is CCCNc1ccccc1S(=O)(=O)N1CC(C)CC1C. The molecule has 1 fully saturated rings. The van der Waals surface area contributed by atoms with Crippen LogP contribution in [0, 0.1) is 5.92 Å². The molecule has 1 aliphatic heterocycles. The van der Waals surface area contributed by atoms with Crippen molar-refractivity contribution in [1.29, 1.82) is 0 Å². The van der Waals surface area contributed by atoms with Crippen LogP contribution < -0.4 is 5.32 Å². The van der Waals surface area contributed by atoms with Crippen LogP contribution in [-0.2, 0) is 10.0 Å². The lowest BCUT2D eigenvalue weighted by Gasteiger charge is -2.22. The minimum atomic E-state index is -3.41. The first-order chi connectivity index (χ1) is 9.46. The van der Waals surface area contributed by atoms with Gasteiger partial charge in [0, 0.05) is 19.1 Å². The molecule has 1 heterocycles. The predicted molar refractivity (Wildman–Crippen MR) is 82.4 cm³/mol. The molecule has 0 aliphatic carbocycles. The highest BCUT2D eigenvalue weighted by molar-refractivity contribution is 7.89. The largest absolute Gasteiger partial charge is 0.384 e. The maximum atomic E-state index is 12.9. The molecule has 0 bridgehead atoms. The zero-order valence-corrected chi connectivity index (χ0v) is 13.3. The number of hydrogen-bond donors (Lipinski definition) is 1. The molecule has 2 rings (SSSR count). The van der Waals surface area contributed by atoms with E-state index in [2.05, 4.69) is 19.2 Å². The lowest BCUT2D eigenvalue weighted by Crippen LogP contribution is -2.34. The smallest absolute Gasteiger partial charge is 0.245 e. The van der Waals surface area contributed by atoms with Crippen molar-refractivity contribution in [1.82, 2.24) is 4.31 Å². The second-order valence-electron chi connectivity index (χ2n) is 5.69. The van der Waals surface area contributed by atoms with Crippen molar-refractivity contribution in [2.45, 2.75) is 44.6 Å². The van der Waals surface area contributed by atoms with Crippen molar-refractivity contribution in [2.24, 2.45) is 5.92 Å². The van der Waals surface area contributed by atoms with Gasteiger partial charge in [-0.2, -0.15) is 4.31 Å². The summed E-state index contributed by atoms with van der Waals surface area (Å²) >= 11 is 0. The third kappa shape index (κ3) is 2.99. The van der Waals surface area contributed by atoms with Gasteiger partial charge < -0.3 is 5.32 Å². The summed E-state index contributed by atoms with van der Waals surface area (Å²) in [6.45, 7) is 7.55. The molecule has 0 amide bonds. The van der Waals surface area contributed by atoms with Crippen molar-refractivity contribution in [3.8, 4) is 0 Å².